The first kappa shape index (κ1) is 25.0. The van der Waals surface area contributed by atoms with E-state index in [1.807, 2.05) is 91.0 Å². The third-order valence-electron chi connectivity index (χ3n) is 5.47. The van der Waals surface area contributed by atoms with Crippen molar-refractivity contribution in [3.8, 4) is 11.4 Å². The van der Waals surface area contributed by atoms with Crippen LogP contribution in [0.5, 0.6) is 0 Å². The van der Waals surface area contributed by atoms with Gasteiger partial charge in [0, 0.05) is 12.5 Å². The van der Waals surface area contributed by atoms with Gasteiger partial charge in [0.25, 0.3) is 0 Å². The van der Waals surface area contributed by atoms with Gasteiger partial charge in [0.1, 0.15) is 11.5 Å². The molecule has 0 radical (unpaired) electrons. The number of aromatic amines is 1. The Hall–Kier alpha value is -4.07. The Bertz CT molecular complexity index is 1240. The number of ketones is 1. The van der Waals surface area contributed by atoms with E-state index in [-0.39, 0.29) is 24.7 Å². The largest absolute Gasteiger partial charge is 0.457 e. The molecule has 0 bridgehead atoms. The Labute approximate surface area is 210 Å². The zero-order chi connectivity index (χ0) is 25.2. The van der Waals surface area contributed by atoms with Crippen molar-refractivity contribution < 1.29 is 23.8 Å². The second-order valence-corrected chi connectivity index (χ2v) is 8.24. The van der Waals surface area contributed by atoms with Crippen LogP contribution < -0.4 is 0 Å². The normalized spacial score (nSPS) is 12.6. The van der Waals surface area contributed by atoms with Crippen LogP contribution in [0.1, 0.15) is 28.5 Å². The van der Waals surface area contributed by atoms with Crippen molar-refractivity contribution in [1.82, 2.24) is 9.97 Å². The number of esters is 1. The van der Waals surface area contributed by atoms with E-state index < -0.39 is 18.2 Å². The van der Waals surface area contributed by atoms with Crippen LogP contribution >= 0.6 is 0 Å². The molecular weight excluding hydrogens is 456 g/mol. The molecule has 7 heteroatoms. The molecule has 0 amide bonds. The second-order valence-electron chi connectivity index (χ2n) is 8.24. The summed E-state index contributed by atoms with van der Waals surface area (Å²) in [5.74, 6) is -0.348. The molecule has 0 aliphatic heterocycles. The lowest BCUT2D eigenvalue weighted by atomic mass is 10.1. The lowest BCUT2D eigenvalue weighted by molar-refractivity contribution is -0.158. The van der Waals surface area contributed by atoms with E-state index >= 15 is 0 Å². The van der Waals surface area contributed by atoms with Crippen LogP contribution in [-0.4, -0.2) is 40.5 Å². The summed E-state index contributed by atoms with van der Waals surface area (Å²) in [6.45, 7) is 1.75. The quantitative estimate of drug-likeness (QED) is 0.225. The highest BCUT2D eigenvalue weighted by atomic mass is 16.6. The predicted octanol–water partition coefficient (Wildman–Crippen LogP) is 4.99. The fraction of sp³-hybridized carbons (Fsp3) is 0.207. The van der Waals surface area contributed by atoms with Gasteiger partial charge in [-0.1, -0.05) is 91.0 Å². The number of carbonyl (C=O) groups is 2. The van der Waals surface area contributed by atoms with Crippen molar-refractivity contribution in [3.63, 3.8) is 0 Å². The number of hydrogen-bond acceptors (Lipinski definition) is 6. The topological polar surface area (TPSA) is 90.5 Å². The van der Waals surface area contributed by atoms with Gasteiger partial charge in [0.15, 0.2) is 12.2 Å². The van der Waals surface area contributed by atoms with Crippen molar-refractivity contribution in [2.45, 2.75) is 32.3 Å². The SMILES string of the molecule is CC(=O)O[C@H](COCc1ccccc1)[C@H](OCc1ccccc1)C(=O)c1cnc(-c2ccccc2)[nH]1. The van der Waals surface area contributed by atoms with Gasteiger partial charge in [-0.15, -0.1) is 0 Å². The van der Waals surface area contributed by atoms with Gasteiger partial charge < -0.3 is 19.2 Å². The van der Waals surface area contributed by atoms with E-state index in [4.69, 9.17) is 14.2 Å². The number of ether oxygens (including phenoxy) is 3. The molecule has 0 unspecified atom stereocenters. The first-order valence-corrected chi connectivity index (χ1v) is 11.7. The summed E-state index contributed by atoms with van der Waals surface area (Å²) < 4.78 is 17.4. The summed E-state index contributed by atoms with van der Waals surface area (Å²) in [5, 5.41) is 0. The average molecular weight is 485 g/mol. The number of rotatable bonds is 12. The third kappa shape index (κ3) is 6.97. The molecule has 4 aromatic rings. The van der Waals surface area contributed by atoms with Crippen LogP contribution in [-0.2, 0) is 32.2 Å². The number of imidazole rings is 1. The number of hydrogen-bond donors (Lipinski definition) is 1. The number of carbonyl (C=O) groups excluding carboxylic acids is 2. The van der Waals surface area contributed by atoms with Gasteiger partial charge in [0.05, 0.1) is 26.0 Å². The summed E-state index contributed by atoms with van der Waals surface area (Å²) in [7, 11) is 0. The third-order valence-corrected chi connectivity index (χ3v) is 5.47. The van der Waals surface area contributed by atoms with Crippen LogP contribution in [0.15, 0.2) is 97.2 Å². The maximum atomic E-state index is 13.6. The number of benzene rings is 3. The average Bonchev–Trinajstić information content (AvgIpc) is 3.40. The minimum atomic E-state index is -1.10. The molecule has 0 aliphatic carbocycles. The molecule has 36 heavy (non-hydrogen) atoms. The molecular formula is C29H28N2O5. The molecule has 7 nitrogen and oxygen atoms in total. The summed E-state index contributed by atoms with van der Waals surface area (Å²) in [4.78, 5) is 33.0. The Morgan fingerprint density at radius 3 is 2.03 bits per heavy atom. The molecule has 4 rings (SSSR count). The monoisotopic (exact) mass is 484 g/mol. The summed E-state index contributed by atoms with van der Waals surface area (Å²) in [6.07, 6.45) is -0.584. The second kappa shape index (κ2) is 12.6. The minimum absolute atomic E-state index is 0.0145. The van der Waals surface area contributed by atoms with Crippen molar-refractivity contribution >= 4 is 11.8 Å². The summed E-state index contributed by atoms with van der Waals surface area (Å²) in [5.41, 5.74) is 2.96. The minimum Gasteiger partial charge on any atom is -0.457 e. The first-order chi connectivity index (χ1) is 17.6. The van der Waals surface area contributed by atoms with Crippen molar-refractivity contribution in [1.29, 1.82) is 0 Å². The molecule has 1 aromatic heterocycles. The van der Waals surface area contributed by atoms with Crippen LogP contribution in [0.3, 0.4) is 0 Å². The van der Waals surface area contributed by atoms with E-state index in [1.54, 1.807) is 0 Å². The molecule has 1 N–H and O–H groups in total. The molecule has 1 heterocycles. The standard InChI is InChI=1S/C29H28N2O5/c1-21(32)36-26(20-34-18-22-11-5-2-6-12-22)28(35-19-23-13-7-3-8-14-23)27(33)25-17-30-29(31-25)24-15-9-4-10-16-24/h2-17,26,28H,18-20H2,1H3,(H,30,31)/t26-,28+/m1/s1. The summed E-state index contributed by atoms with van der Waals surface area (Å²) >= 11 is 0. The van der Waals surface area contributed by atoms with Crippen LogP contribution in [0.2, 0.25) is 0 Å². The summed E-state index contributed by atoms with van der Waals surface area (Å²) in [6, 6.07) is 28.6. The molecule has 0 spiro atoms. The van der Waals surface area contributed by atoms with Crippen molar-refractivity contribution in [2.24, 2.45) is 0 Å². The van der Waals surface area contributed by atoms with Crippen LogP contribution in [0.4, 0.5) is 0 Å². The highest BCUT2D eigenvalue weighted by molar-refractivity contribution is 5.98. The van der Waals surface area contributed by atoms with Gasteiger partial charge in [0.2, 0.25) is 5.78 Å². The fourth-order valence-electron chi connectivity index (χ4n) is 3.72. The van der Waals surface area contributed by atoms with Crippen molar-refractivity contribution in [2.75, 3.05) is 6.61 Å². The molecule has 0 saturated carbocycles. The predicted molar refractivity (Wildman–Crippen MR) is 135 cm³/mol. The van der Waals surface area contributed by atoms with Gasteiger partial charge in [-0.25, -0.2) is 4.98 Å². The first-order valence-electron chi connectivity index (χ1n) is 11.7. The number of nitrogens with one attached hydrogen (secondary N) is 1. The van der Waals surface area contributed by atoms with Crippen LogP contribution in [0, 0.1) is 0 Å². The highest BCUT2D eigenvalue weighted by Crippen LogP contribution is 2.19. The van der Waals surface area contributed by atoms with Crippen LogP contribution in [0.25, 0.3) is 11.4 Å². The lowest BCUT2D eigenvalue weighted by Crippen LogP contribution is -2.42. The molecule has 184 valence electrons. The zero-order valence-electron chi connectivity index (χ0n) is 20.0. The Morgan fingerprint density at radius 2 is 1.42 bits per heavy atom. The Morgan fingerprint density at radius 1 is 0.833 bits per heavy atom. The smallest absolute Gasteiger partial charge is 0.303 e. The molecule has 3 aromatic carbocycles. The van der Waals surface area contributed by atoms with E-state index in [9.17, 15) is 9.59 Å². The number of H-pyrrole nitrogens is 1. The van der Waals surface area contributed by atoms with Gasteiger partial charge in [-0.2, -0.15) is 0 Å². The van der Waals surface area contributed by atoms with E-state index in [0.29, 0.717) is 12.4 Å². The molecule has 0 saturated heterocycles. The van der Waals surface area contributed by atoms with Gasteiger partial charge in [-0.3, -0.25) is 9.59 Å². The highest BCUT2D eigenvalue weighted by Gasteiger charge is 2.34. The van der Waals surface area contributed by atoms with Crippen molar-refractivity contribution in [3.05, 3.63) is 114 Å². The van der Waals surface area contributed by atoms with Gasteiger partial charge >= 0.3 is 5.97 Å². The number of aromatic nitrogens is 2. The van der Waals surface area contributed by atoms with E-state index in [1.165, 1.54) is 13.1 Å². The Balaban J connectivity index is 1.55. The zero-order valence-corrected chi connectivity index (χ0v) is 20.0. The molecule has 2 atom stereocenters. The van der Waals surface area contributed by atoms with E-state index in [0.717, 1.165) is 16.7 Å². The number of nitrogens with zero attached hydrogens (tertiary/aromatic N) is 1. The fourth-order valence-corrected chi connectivity index (χ4v) is 3.72. The number of Topliss-reactive ketones (excluding diaryl/α,β-unsaturated/α-hetero) is 1. The maximum absolute atomic E-state index is 13.6. The lowest BCUT2D eigenvalue weighted by Gasteiger charge is -2.25. The molecule has 0 aliphatic rings. The van der Waals surface area contributed by atoms with E-state index in [2.05, 4.69) is 9.97 Å². The Kier molecular flexibility index (Phi) is 8.75. The maximum Gasteiger partial charge on any atom is 0.303 e. The molecule has 0 fully saturated rings. The van der Waals surface area contributed by atoms with Gasteiger partial charge in [-0.05, 0) is 11.1 Å².